The molecule has 6 nitrogen and oxygen atoms in total. The van der Waals surface area contributed by atoms with Gasteiger partial charge in [-0.1, -0.05) is 6.07 Å². The van der Waals surface area contributed by atoms with Gasteiger partial charge in [0, 0.05) is 6.07 Å². The van der Waals surface area contributed by atoms with Gasteiger partial charge in [0.25, 0.3) is 0 Å². The first-order valence-corrected chi connectivity index (χ1v) is 6.02. The van der Waals surface area contributed by atoms with E-state index in [0.717, 1.165) is 5.75 Å². The van der Waals surface area contributed by atoms with Gasteiger partial charge in [-0.2, -0.15) is 0 Å². The van der Waals surface area contributed by atoms with Gasteiger partial charge in [-0.25, -0.2) is 9.97 Å². The van der Waals surface area contributed by atoms with Crippen molar-refractivity contribution in [3.63, 3.8) is 0 Å². The number of nitrogens with zero attached hydrogens (tertiary/aromatic N) is 2. The maximum absolute atomic E-state index is 5.64. The van der Waals surface area contributed by atoms with E-state index in [9.17, 15) is 0 Å². The number of fused-ring (bicyclic) bond motifs is 1. The summed E-state index contributed by atoms with van der Waals surface area (Å²) in [5, 5.41) is 0. The van der Waals surface area contributed by atoms with Gasteiger partial charge in [0.05, 0.1) is 19.0 Å². The van der Waals surface area contributed by atoms with Crippen LogP contribution in [0.1, 0.15) is 5.89 Å². The predicted octanol–water partition coefficient (Wildman–Crippen LogP) is 2.39. The molecule has 102 valence electrons. The predicted molar refractivity (Wildman–Crippen MR) is 73.5 cm³/mol. The quantitative estimate of drug-likeness (QED) is 0.784. The van der Waals surface area contributed by atoms with Gasteiger partial charge in [-0.15, -0.1) is 0 Å². The highest BCUT2D eigenvalue weighted by Crippen LogP contribution is 2.21. The summed E-state index contributed by atoms with van der Waals surface area (Å²) >= 11 is 0. The zero-order valence-electron chi connectivity index (χ0n) is 10.9. The maximum atomic E-state index is 5.64. The van der Waals surface area contributed by atoms with Crippen LogP contribution >= 0.6 is 0 Å². The number of methoxy groups -OCH3 is 1. The van der Waals surface area contributed by atoms with Crippen LogP contribution in [0.5, 0.6) is 11.5 Å². The minimum atomic E-state index is 0.212. The first-order valence-electron chi connectivity index (χ1n) is 6.02. The molecule has 2 N–H and O–H groups in total. The molecule has 0 radical (unpaired) electrons. The molecule has 0 aliphatic carbocycles. The fraction of sp³-hybridized carbons (Fsp3) is 0.143. The minimum Gasteiger partial charge on any atom is -0.497 e. The average molecular weight is 271 g/mol. The molecule has 0 fully saturated rings. The molecular weight excluding hydrogens is 258 g/mol. The van der Waals surface area contributed by atoms with Crippen LogP contribution in [0.3, 0.4) is 0 Å². The number of hydrogen-bond donors (Lipinski definition) is 1. The fourth-order valence-electron chi connectivity index (χ4n) is 1.78. The van der Waals surface area contributed by atoms with Gasteiger partial charge in [0.2, 0.25) is 11.6 Å². The van der Waals surface area contributed by atoms with E-state index in [-0.39, 0.29) is 6.61 Å². The molecule has 0 amide bonds. The van der Waals surface area contributed by atoms with Crippen LogP contribution < -0.4 is 15.2 Å². The number of anilines is 1. The number of nitrogen functional groups attached to an aromatic ring is 1. The Labute approximate surface area is 115 Å². The molecule has 0 bridgehead atoms. The number of nitrogens with two attached hydrogens (primary N) is 1. The summed E-state index contributed by atoms with van der Waals surface area (Å²) in [7, 11) is 1.61. The molecule has 0 spiro atoms. The third kappa shape index (κ3) is 2.49. The smallest absolute Gasteiger partial charge is 0.247 e. The van der Waals surface area contributed by atoms with Crippen molar-refractivity contribution in [2.45, 2.75) is 6.61 Å². The molecule has 2 heterocycles. The molecule has 0 unspecified atom stereocenters. The van der Waals surface area contributed by atoms with Crippen molar-refractivity contribution in [2.75, 3.05) is 12.8 Å². The molecule has 0 aliphatic rings. The van der Waals surface area contributed by atoms with Gasteiger partial charge in [0.1, 0.15) is 17.0 Å². The molecule has 2 aromatic heterocycles. The van der Waals surface area contributed by atoms with Crippen LogP contribution in [-0.2, 0) is 6.61 Å². The lowest BCUT2D eigenvalue weighted by Gasteiger charge is -2.05. The van der Waals surface area contributed by atoms with Crippen LogP contribution in [0.25, 0.3) is 11.2 Å². The molecule has 0 aliphatic heterocycles. The largest absolute Gasteiger partial charge is 0.497 e. The second-order valence-corrected chi connectivity index (χ2v) is 4.17. The number of rotatable bonds is 4. The number of hydrogen-bond acceptors (Lipinski definition) is 6. The van der Waals surface area contributed by atoms with Crippen molar-refractivity contribution >= 4 is 16.9 Å². The Bertz CT molecular complexity index is 739. The Morgan fingerprint density at radius 1 is 1.25 bits per heavy atom. The van der Waals surface area contributed by atoms with Crippen molar-refractivity contribution in [2.24, 2.45) is 0 Å². The van der Waals surface area contributed by atoms with Crippen LogP contribution in [0, 0.1) is 0 Å². The normalized spacial score (nSPS) is 10.7. The molecule has 6 heteroatoms. The summed E-state index contributed by atoms with van der Waals surface area (Å²) in [6, 6.07) is 9.03. The summed E-state index contributed by atoms with van der Waals surface area (Å²) < 4.78 is 16.2. The Morgan fingerprint density at radius 3 is 2.95 bits per heavy atom. The lowest BCUT2D eigenvalue weighted by molar-refractivity contribution is 0.265. The summed E-state index contributed by atoms with van der Waals surface area (Å²) in [5.41, 5.74) is 7.26. The molecule has 3 rings (SSSR count). The molecule has 0 atom stereocenters. The van der Waals surface area contributed by atoms with Gasteiger partial charge in [0.15, 0.2) is 6.61 Å². The summed E-state index contributed by atoms with van der Waals surface area (Å²) in [5.74, 6) is 1.86. The number of ether oxygens (including phenoxy) is 2. The van der Waals surface area contributed by atoms with Crippen LogP contribution in [0.4, 0.5) is 5.69 Å². The highest BCUT2D eigenvalue weighted by molar-refractivity contribution is 5.71. The van der Waals surface area contributed by atoms with Crippen molar-refractivity contribution < 1.29 is 13.9 Å². The van der Waals surface area contributed by atoms with Gasteiger partial charge < -0.3 is 19.6 Å². The molecule has 3 aromatic rings. The van der Waals surface area contributed by atoms with Crippen LogP contribution in [0.2, 0.25) is 0 Å². The first-order chi connectivity index (χ1) is 9.74. The van der Waals surface area contributed by atoms with E-state index >= 15 is 0 Å². The molecule has 20 heavy (non-hydrogen) atoms. The first kappa shape index (κ1) is 12.3. The van der Waals surface area contributed by atoms with Crippen molar-refractivity contribution in [3.8, 4) is 11.5 Å². The number of oxazole rings is 1. The van der Waals surface area contributed by atoms with E-state index in [1.165, 1.54) is 6.20 Å². The highest BCUT2D eigenvalue weighted by atomic mass is 16.5. The lowest BCUT2D eigenvalue weighted by atomic mass is 10.3. The van der Waals surface area contributed by atoms with E-state index in [0.29, 0.717) is 28.6 Å². The zero-order valence-corrected chi connectivity index (χ0v) is 10.9. The topological polar surface area (TPSA) is 83.4 Å². The minimum absolute atomic E-state index is 0.212. The SMILES string of the molecule is COc1cccc(OCc2nc3cc(N)cnc3o2)c1. The number of aromatic nitrogens is 2. The van der Waals surface area contributed by atoms with Gasteiger partial charge in [-0.3, -0.25) is 0 Å². The van der Waals surface area contributed by atoms with Crippen molar-refractivity contribution in [3.05, 3.63) is 42.4 Å². The van der Waals surface area contributed by atoms with E-state index in [4.69, 9.17) is 19.6 Å². The Kier molecular flexibility index (Phi) is 3.12. The molecule has 0 saturated heterocycles. The summed E-state index contributed by atoms with van der Waals surface area (Å²) in [6.45, 7) is 0.212. The third-order valence-corrected chi connectivity index (χ3v) is 2.72. The average Bonchev–Trinajstić information content (AvgIpc) is 2.87. The van der Waals surface area contributed by atoms with Crippen molar-refractivity contribution in [1.29, 1.82) is 0 Å². The summed E-state index contributed by atoms with van der Waals surface area (Å²) in [4.78, 5) is 8.32. The Morgan fingerprint density at radius 2 is 2.10 bits per heavy atom. The maximum Gasteiger partial charge on any atom is 0.247 e. The monoisotopic (exact) mass is 271 g/mol. The standard InChI is InChI=1S/C14H13N3O3/c1-18-10-3-2-4-11(6-10)19-8-13-17-12-5-9(15)7-16-14(12)20-13/h2-7H,8,15H2,1H3. The zero-order chi connectivity index (χ0) is 13.9. The molecule has 1 aromatic carbocycles. The Balaban J connectivity index is 1.76. The molecule has 0 saturated carbocycles. The second kappa shape index (κ2) is 5.08. The number of pyridine rings is 1. The summed E-state index contributed by atoms with van der Waals surface area (Å²) in [6.07, 6.45) is 1.53. The van der Waals surface area contributed by atoms with Gasteiger partial charge in [-0.05, 0) is 18.2 Å². The van der Waals surface area contributed by atoms with Crippen LogP contribution in [0.15, 0.2) is 40.9 Å². The molecular formula is C14H13N3O3. The van der Waals surface area contributed by atoms with E-state index in [2.05, 4.69) is 9.97 Å². The third-order valence-electron chi connectivity index (χ3n) is 2.72. The van der Waals surface area contributed by atoms with E-state index < -0.39 is 0 Å². The second-order valence-electron chi connectivity index (χ2n) is 4.17. The fourth-order valence-corrected chi connectivity index (χ4v) is 1.78. The Hall–Kier alpha value is -2.76. The number of benzene rings is 1. The van der Waals surface area contributed by atoms with Crippen molar-refractivity contribution in [1.82, 2.24) is 9.97 Å². The van der Waals surface area contributed by atoms with E-state index in [1.54, 1.807) is 19.2 Å². The highest BCUT2D eigenvalue weighted by Gasteiger charge is 2.08. The van der Waals surface area contributed by atoms with Gasteiger partial charge >= 0.3 is 0 Å². The lowest BCUT2D eigenvalue weighted by Crippen LogP contribution is -1.95. The van der Waals surface area contributed by atoms with E-state index in [1.807, 2.05) is 18.2 Å². The van der Waals surface area contributed by atoms with Crippen LogP contribution in [-0.4, -0.2) is 17.1 Å².